The van der Waals surface area contributed by atoms with Gasteiger partial charge in [-0.1, -0.05) is 20.8 Å². The molecule has 0 radical (unpaired) electrons. The van der Waals surface area contributed by atoms with E-state index in [0.717, 1.165) is 6.42 Å². The Balaban J connectivity index is 3.72. The van der Waals surface area contributed by atoms with Gasteiger partial charge in [0.2, 0.25) is 0 Å². The Bertz CT molecular complexity index is 132. The van der Waals surface area contributed by atoms with Gasteiger partial charge in [0, 0.05) is 11.1 Å². The fraction of sp³-hybridized carbons (Fsp3) is 0.857. The number of carbonyl (C=O) groups excluding carboxylic acids is 1. The summed E-state index contributed by atoms with van der Waals surface area (Å²) in [6.45, 7) is 5.74. The molecule has 0 aromatic heterocycles. The van der Waals surface area contributed by atoms with Crippen LogP contribution in [0.4, 0.5) is 0 Å². The molecule has 0 aliphatic rings. The van der Waals surface area contributed by atoms with Gasteiger partial charge in [0.25, 0.3) is 5.91 Å². The van der Waals surface area contributed by atoms with Gasteiger partial charge in [0.1, 0.15) is 0 Å². The summed E-state index contributed by atoms with van der Waals surface area (Å²) in [5, 5.41) is 2.35. The Morgan fingerprint density at radius 2 is 1.90 bits per heavy atom. The molecule has 0 saturated carbocycles. The first kappa shape index (κ1) is 9.27. The summed E-state index contributed by atoms with van der Waals surface area (Å²) in [7, 11) is 0. The number of carbonyl (C=O) groups is 1. The third kappa shape index (κ3) is 3.33. The molecule has 0 N–H and O–H groups in total. The van der Waals surface area contributed by atoms with Crippen LogP contribution in [-0.2, 0) is 4.79 Å². The molecule has 1 atom stereocenters. The van der Waals surface area contributed by atoms with Gasteiger partial charge in [-0.05, 0) is 12.3 Å². The van der Waals surface area contributed by atoms with Crippen molar-refractivity contribution >= 4 is 5.91 Å². The molecule has 3 heteroatoms. The zero-order valence-electron chi connectivity index (χ0n) is 6.63. The molecule has 0 unspecified atom stereocenters. The maximum absolute atomic E-state index is 10.6. The highest BCUT2D eigenvalue weighted by Crippen LogP contribution is 2.11. The van der Waals surface area contributed by atoms with E-state index in [1.807, 2.05) is 13.8 Å². The number of nitroso groups, excluding NO2 is 1. The van der Waals surface area contributed by atoms with Gasteiger partial charge in [-0.2, -0.15) is 0 Å². The second-order valence-electron chi connectivity index (χ2n) is 2.96. The zero-order valence-corrected chi connectivity index (χ0v) is 6.63. The molecule has 0 aromatic rings. The van der Waals surface area contributed by atoms with Crippen LogP contribution in [0.15, 0.2) is 5.18 Å². The average Bonchev–Trinajstić information content (AvgIpc) is 1.85. The number of amides is 1. The topological polar surface area (TPSA) is 46.5 Å². The lowest BCUT2D eigenvalue weighted by Crippen LogP contribution is -2.09. The summed E-state index contributed by atoms with van der Waals surface area (Å²) < 4.78 is 0. The Labute approximate surface area is 60.8 Å². The van der Waals surface area contributed by atoms with E-state index < -0.39 is 5.91 Å². The molecule has 0 heterocycles. The molecule has 0 aliphatic carbocycles. The molecular formula is C7H13NO2. The van der Waals surface area contributed by atoms with E-state index in [2.05, 4.69) is 5.18 Å². The number of rotatable bonds is 3. The van der Waals surface area contributed by atoms with Crippen molar-refractivity contribution in [3.8, 4) is 0 Å². The van der Waals surface area contributed by atoms with Crippen LogP contribution in [0.25, 0.3) is 0 Å². The maximum Gasteiger partial charge on any atom is 0.289 e. The second kappa shape index (κ2) is 4.14. The standard InChI is InChI=1S/C7H13NO2/c1-5(2)4-6(3)7(9)8-10/h5-6H,4H2,1-3H3/t6-/m0/s1. The summed E-state index contributed by atoms with van der Waals surface area (Å²) in [5.74, 6) is -0.299. The van der Waals surface area contributed by atoms with Gasteiger partial charge < -0.3 is 0 Å². The summed E-state index contributed by atoms with van der Waals surface area (Å²) >= 11 is 0. The van der Waals surface area contributed by atoms with E-state index in [1.165, 1.54) is 0 Å². The average molecular weight is 143 g/mol. The molecule has 10 heavy (non-hydrogen) atoms. The lowest BCUT2D eigenvalue weighted by Gasteiger charge is -2.06. The van der Waals surface area contributed by atoms with Crippen LogP contribution in [0, 0.1) is 16.7 Å². The van der Waals surface area contributed by atoms with Crippen molar-refractivity contribution in [2.75, 3.05) is 0 Å². The highest BCUT2D eigenvalue weighted by atomic mass is 16.3. The molecule has 0 rings (SSSR count). The van der Waals surface area contributed by atoms with Gasteiger partial charge in [-0.3, -0.25) is 4.79 Å². The minimum atomic E-state index is -0.534. The molecular weight excluding hydrogens is 130 g/mol. The van der Waals surface area contributed by atoms with E-state index in [-0.39, 0.29) is 5.92 Å². The summed E-state index contributed by atoms with van der Waals surface area (Å²) in [6.07, 6.45) is 0.741. The van der Waals surface area contributed by atoms with Crippen molar-refractivity contribution < 1.29 is 4.79 Å². The van der Waals surface area contributed by atoms with Crippen molar-refractivity contribution in [2.45, 2.75) is 27.2 Å². The van der Waals surface area contributed by atoms with Crippen molar-refractivity contribution in [3.63, 3.8) is 0 Å². The van der Waals surface area contributed by atoms with Crippen LogP contribution in [-0.4, -0.2) is 5.91 Å². The summed E-state index contributed by atoms with van der Waals surface area (Å²) in [5.41, 5.74) is 0. The van der Waals surface area contributed by atoms with E-state index >= 15 is 0 Å². The Morgan fingerprint density at radius 3 is 2.20 bits per heavy atom. The van der Waals surface area contributed by atoms with E-state index in [9.17, 15) is 9.70 Å². The maximum atomic E-state index is 10.6. The van der Waals surface area contributed by atoms with Crippen molar-refractivity contribution in [1.29, 1.82) is 0 Å². The fourth-order valence-electron chi connectivity index (χ4n) is 0.898. The largest absolute Gasteiger partial charge is 0.289 e. The van der Waals surface area contributed by atoms with Crippen molar-refractivity contribution in [2.24, 2.45) is 17.0 Å². The van der Waals surface area contributed by atoms with Gasteiger partial charge in [0.15, 0.2) is 0 Å². The monoisotopic (exact) mass is 143 g/mol. The minimum Gasteiger partial charge on any atom is -0.269 e. The highest BCUT2D eigenvalue weighted by molar-refractivity contribution is 5.78. The first-order valence-corrected chi connectivity index (χ1v) is 3.45. The minimum absolute atomic E-state index is 0.211. The first-order chi connectivity index (χ1) is 4.57. The molecule has 0 aromatic carbocycles. The lowest BCUT2D eigenvalue weighted by atomic mass is 9.99. The molecule has 0 spiro atoms. The molecule has 3 nitrogen and oxygen atoms in total. The third-order valence-corrected chi connectivity index (χ3v) is 1.34. The predicted molar refractivity (Wildman–Crippen MR) is 39.4 cm³/mol. The number of hydrogen-bond donors (Lipinski definition) is 0. The van der Waals surface area contributed by atoms with Crippen LogP contribution in [0.2, 0.25) is 0 Å². The van der Waals surface area contributed by atoms with E-state index in [4.69, 9.17) is 0 Å². The van der Waals surface area contributed by atoms with Crippen LogP contribution in [0.5, 0.6) is 0 Å². The Kier molecular flexibility index (Phi) is 3.84. The first-order valence-electron chi connectivity index (χ1n) is 3.45. The summed E-state index contributed by atoms with van der Waals surface area (Å²) in [4.78, 5) is 20.3. The van der Waals surface area contributed by atoms with E-state index in [1.54, 1.807) is 6.92 Å². The lowest BCUT2D eigenvalue weighted by molar-refractivity contribution is -0.121. The second-order valence-corrected chi connectivity index (χ2v) is 2.96. The molecule has 0 saturated heterocycles. The van der Waals surface area contributed by atoms with Crippen LogP contribution in [0.3, 0.4) is 0 Å². The van der Waals surface area contributed by atoms with Gasteiger partial charge in [-0.15, -0.1) is 4.91 Å². The van der Waals surface area contributed by atoms with E-state index in [0.29, 0.717) is 5.92 Å². The fourth-order valence-corrected chi connectivity index (χ4v) is 0.898. The zero-order chi connectivity index (χ0) is 8.15. The highest BCUT2D eigenvalue weighted by Gasteiger charge is 2.13. The predicted octanol–water partition coefficient (Wildman–Crippen LogP) is 1.96. The molecule has 1 amide bonds. The number of hydrogen-bond acceptors (Lipinski definition) is 2. The Morgan fingerprint density at radius 1 is 1.40 bits per heavy atom. The molecule has 58 valence electrons. The summed E-state index contributed by atoms with van der Waals surface area (Å²) in [6, 6.07) is 0. The van der Waals surface area contributed by atoms with Crippen LogP contribution in [0.1, 0.15) is 27.2 Å². The quantitative estimate of drug-likeness (QED) is 0.567. The Hall–Kier alpha value is -0.730. The van der Waals surface area contributed by atoms with Crippen LogP contribution < -0.4 is 0 Å². The van der Waals surface area contributed by atoms with Gasteiger partial charge >= 0.3 is 0 Å². The smallest absolute Gasteiger partial charge is 0.269 e. The SMILES string of the molecule is CC(C)C[C@H](C)C(=O)N=O. The van der Waals surface area contributed by atoms with Crippen molar-refractivity contribution in [3.05, 3.63) is 4.91 Å². The normalized spacial score (nSPS) is 13.2. The van der Waals surface area contributed by atoms with Gasteiger partial charge in [-0.25, -0.2) is 0 Å². The van der Waals surface area contributed by atoms with Crippen molar-refractivity contribution in [1.82, 2.24) is 0 Å². The van der Waals surface area contributed by atoms with Gasteiger partial charge in [0.05, 0.1) is 0 Å². The number of nitrogens with zero attached hydrogens (tertiary/aromatic N) is 1. The third-order valence-electron chi connectivity index (χ3n) is 1.34. The molecule has 0 fully saturated rings. The van der Waals surface area contributed by atoms with Crippen LogP contribution >= 0.6 is 0 Å². The molecule has 0 bridgehead atoms. The molecule has 0 aliphatic heterocycles.